The second-order valence-electron chi connectivity index (χ2n) is 7.26. The molecule has 0 radical (unpaired) electrons. The molecule has 1 heterocycles. The van der Waals surface area contributed by atoms with Crippen molar-refractivity contribution in [2.24, 2.45) is 0 Å². The molecule has 0 N–H and O–H groups in total. The monoisotopic (exact) mass is 416 g/mol. The molecule has 2 aromatic rings. The Morgan fingerprint density at radius 1 is 0.966 bits per heavy atom. The van der Waals surface area contributed by atoms with Crippen LogP contribution in [0.1, 0.15) is 34.8 Å². The molecule has 0 amide bonds. The number of nitrogens with zero attached hydrogens (tertiary/aromatic N) is 2. The Hall–Kier alpha value is -2.22. The molecule has 1 aliphatic rings. The van der Waals surface area contributed by atoms with E-state index in [2.05, 4.69) is 36.1 Å². The first-order valence-corrected chi connectivity index (χ1v) is 11.4. The van der Waals surface area contributed by atoms with E-state index in [1.807, 2.05) is 0 Å². The van der Waals surface area contributed by atoms with Crippen LogP contribution in [-0.4, -0.2) is 56.4 Å². The summed E-state index contributed by atoms with van der Waals surface area (Å²) in [4.78, 5) is 14.3. The smallest absolute Gasteiger partial charge is 0.338 e. The highest BCUT2D eigenvalue weighted by molar-refractivity contribution is 7.89. The molecule has 6 nitrogen and oxygen atoms in total. The van der Waals surface area contributed by atoms with Crippen molar-refractivity contribution in [3.05, 3.63) is 65.2 Å². The van der Waals surface area contributed by atoms with Crippen molar-refractivity contribution < 1.29 is 17.9 Å². The summed E-state index contributed by atoms with van der Waals surface area (Å²) in [5.74, 6) is -0.446. The van der Waals surface area contributed by atoms with E-state index in [0.29, 0.717) is 25.2 Å². The maximum Gasteiger partial charge on any atom is 0.338 e. The molecule has 2 aromatic carbocycles. The Morgan fingerprint density at radius 3 is 2.31 bits per heavy atom. The Balaban J connectivity index is 1.65. The van der Waals surface area contributed by atoms with Gasteiger partial charge in [0.2, 0.25) is 10.0 Å². The second-order valence-corrected chi connectivity index (χ2v) is 9.20. The maximum absolute atomic E-state index is 13.0. The lowest BCUT2D eigenvalue weighted by Gasteiger charge is -2.22. The third-order valence-corrected chi connectivity index (χ3v) is 6.99. The molecule has 1 aliphatic heterocycles. The zero-order chi connectivity index (χ0) is 20.9. The average molecular weight is 417 g/mol. The van der Waals surface area contributed by atoms with E-state index in [1.165, 1.54) is 35.4 Å². The van der Waals surface area contributed by atoms with Gasteiger partial charge in [-0.05, 0) is 56.6 Å². The van der Waals surface area contributed by atoms with E-state index in [4.69, 9.17) is 4.74 Å². The Morgan fingerprint density at radius 2 is 1.66 bits per heavy atom. The molecule has 156 valence electrons. The van der Waals surface area contributed by atoms with E-state index in [9.17, 15) is 13.2 Å². The summed E-state index contributed by atoms with van der Waals surface area (Å²) in [6.45, 7) is 7.40. The number of sulfonamides is 1. The third-order valence-electron chi connectivity index (χ3n) is 5.08. The van der Waals surface area contributed by atoms with Gasteiger partial charge in [0.05, 0.1) is 17.1 Å². The number of ether oxygens (including phenoxy) is 1. The van der Waals surface area contributed by atoms with Crippen molar-refractivity contribution in [3.63, 3.8) is 0 Å². The molecule has 0 bridgehead atoms. The number of aryl methyl sites for hydroxylation is 1. The van der Waals surface area contributed by atoms with E-state index in [1.54, 1.807) is 11.2 Å². The molecular formula is C22H28N2O4S. The molecule has 29 heavy (non-hydrogen) atoms. The summed E-state index contributed by atoms with van der Waals surface area (Å²) in [5.41, 5.74) is 2.82. The van der Waals surface area contributed by atoms with Gasteiger partial charge in [0.1, 0.15) is 0 Å². The van der Waals surface area contributed by atoms with Gasteiger partial charge in [-0.2, -0.15) is 4.31 Å². The van der Waals surface area contributed by atoms with Gasteiger partial charge in [0.15, 0.2) is 0 Å². The van der Waals surface area contributed by atoms with Crippen LogP contribution in [0.5, 0.6) is 0 Å². The Bertz CT molecular complexity index is 924. The van der Waals surface area contributed by atoms with Gasteiger partial charge in [-0.1, -0.05) is 29.8 Å². The predicted octanol–water partition coefficient (Wildman–Crippen LogP) is 3.07. The molecule has 1 saturated heterocycles. The molecule has 0 saturated carbocycles. The lowest BCUT2D eigenvalue weighted by Crippen LogP contribution is -2.35. The van der Waals surface area contributed by atoms with Gasteiger partial charge < -0.3 is 4.74 Å². The molecular weight excluding hydrogens is 388 g/mol. The third kappa shape index (κ3) is 5.44. The zero-order valence-electron chi connectivity index (χ0n) is 17.0. The summed E-state index contributed by atoms with van der Waals surface area (Å²) in [5, 5.41) is 0. The summed E-state index contributed by atoms with van der Waals surface area (Å²) in [7, 11) is -3.59. The van der Waals surface area contributed by atoms with Crippen LogP contribution in [0.25, 0.3) is 0 Å². The highest BCUT2D eigenvalue weighted by atomic mass is 32.2. The fourth-order valence-corrected chi connectivity index (χ4v) is 4.89. The molecule has 0 aromatic heterocycles. The van der Waals surface area contributed by atoms with Gasteiger partial charge >= 0.3 is 5.97 Å². The molecule has 0 unspecified atom stereocenters. The molecule has 0 atom stereocenters. The summed E-state index contributed by atoms with van der Waals surface area (Å²) < 4.78 is 32.6. The first-order chi connectivity index (χ1) is 13.9. The average Bonchev–Trinajstić information content (AvgIpc) is 2.96. The van der Waals surface area contributed by atoms with Crippen LogP contribution in [0.3, 0.4) is 0 Å². The van der Waals surface area contributed by atoms with Crippen LogP contribution in [0.4, 0.5) is 0 Å². The lowest BCUT2D eigenvalue weighted by molar-refractivity contribution is 0.0526. The highest BCUT2D eigenvalue weighted by Crippen LogP contribution is 2.19. The van der Waals surface area contributed by atoms with E-state index in [0.717, 1.165) is 19.5 Å². The van der Waals surface area contributed by atoms with Crippen LogP contribution in [0, 0.1) is 6.92 Å². The van der Waals surface area contributed by atoms with Gasteiger partial charge in [-0.3, -0.25) is 4.90 Å². The standard InChI is InChI=1S/C22H28N2O4S/c1-3-28-22(25)20-9-11-21(12-10-20)29(26,27)24-14-4-13-23(15-16-24)17-19-7-5-18(2)6-8-19/h5-12H,3-4,13-17H2,1-2H3. The Kier molecular flexibility index (Phi) is 7.05. The summed E-state index contributed by atoms with van der Waals surface area (Å²) >= 11 is 0. The largest absolute Gasteiger partial charge is 0.462 e. The van der Waals surface area contributed by atoms with Gasteiger partial charge in [0, 0.05) is 26.2 Å². The minimum Gasteiger partial charge on any atom is -0.462 e. The maximum atomic E-state index is 13.0. The van der Waals surface area contributed by atoms with Crippen LogP contribution in [-0.2, 0) is 21.3 Å². The van der Waals surface area contributed by atoms with Crippen molar-refractivity contribution in [2.45, 2.75) is 31.7 Å². The van der Waals surface area contributed by atoms with Gasteiger partial charge in [-0.15, -0.1) is 0 Å². The summed E-state index contributed by atoms with van der Waals surface area (Å²) in [6.07, 6.45) is 0.784. The zero-order valence-corrected chi connectivity index (χ0v) is 17.8. The van der Waals surface area contributed by atoms with Crippen LogP contribution < -0.4 is 0 Å². The number of rotatable bonds is 6. The van der Waals surface area contributed by atoms with E-state index in [-0.39, 0.29) is 11.5 Å². The molecule has 1 fully saturated rings. The first-order valence-electron chi connectivity index (χ1n) is 9.95. The van der Waals surface area contributed by atoms with Crippen LogP contribution >= 0.6 is 0 Å². The Labute approximate surface area is 173 Å². The van der Waals surface area contributed by atoms with Crippen LogP contribution in [0.15, 0.2) is 53.4 Å². The van der Waals surface area contributed by atoms with Crippen LogP contribution in [0.2, 0.25) is 0 Å². The topological polar surface area (TPSA) is 66.9 Å². The fourth-order valence-electron chi connectivity index (χ4n) is 3.42. The number of hydrogen-bond acceptors (Lipinski definition) is 5. The van der Waals surface area contributed by atoms with Gasteiger partial charge in [-0.25, -0.2) is 13.2 Å². The van der Waals surface area contributed by atoms with Crippen molar-refractivity contribution in [2.75, 3.05) is 32.8 Å². The minimum absolute atomic E-state index is 0.206. The quantitative estimate of drug-likeness (QED) is 0.677. The molecule has 3 rings (SSSR count). The fraction of sp³-hybridized carbons (Fsp3) is 0.409. The predicted molar refractivity (Wildman–Crippen MR) is 112 cm³/mol. The normalized spacial score (nSPS) is 16.3. The number of esters is 1. The number of carbonyl (C=O) groups is 1. The number of carbonyl (C=O) groups excluding carboxylic acids is 1. The molecule has 0 spiro atoms. The first kappa shape index (κ1) is 21.5. The highest BCUT2D eigenvalue weighted by Gasteiger charge is 2.27. The van der Waals surface area contributed by atoms with Crippen molar-refractivity contribution in [1.29, 1.82) is 0 Å². The number of hydrogen-bond donors (Lipinski definition) is 0. The lowest BCUT2D eigenvalue weighted by atomic mass is 10.1. The summed E-state index contributed by atoms with van der Waals surface area (Å²) in [6, 6.07) is 14.4. The SMILES string of the molecule is CCOC(=O)c1ccc(S(=O)(=O)N2CCCN(Cc3ccc(C)cc3)CC2)cc1. The van der Waals surface area contributed by atoms with Gasteiger partial charge in [0.25, 0.3) is 0 Å². The van der Waals surface area contributed by atoms with E-state index < -0.39 is 16.0 Å². The van der Waals surface area contributed by atoms with Crippen molar-refractivity contribution in [1.82, 2.24) is 9.21 Å². The number of benzene rings is 2. The second kappa shape index (κ2) is 9.52. The molecule has 0 aliphatic carbocycles. The minimum atomic E-state index is -3.59. The van der Waals surface area contributed by atoms with Crippen molar-refractivity contribution >= 4 is 16.0 Å². The van der Waals surface area contributed by atoms with E-state index >= 15 is 0 Å². The molecule has 7 heteroatoms. The van der Waals surface area contributed by atoms with Crippen molar-refractivity contribution in [3.8, 4) is 0 Å².